The molecule has 0 saturated carbocycles. The van der Waals surface area contributed by atoms with Crippen molar-refractivity contribution in [2.75, 3.05) is 5.32 Å². The maximum Gasteiger partial charge on any atom is 0.0388 e. The van der Waals surface area contributed by atoms with Gasteiger partial charge in [-0.3, -0.25) is 0 Å². The SMILES string of the molecule is C=C/C=C(C=C)/C(N)=C/C=C(\C)Nc1ccccc1. The average Bonchev–Trinajstić information content (AvgIpc) is 2.43. The van der Waals surface area contributed by atoms with E-state index in [2.05, 4.69) is 18.5 Å². The lowest BCUT2D eigenvalue weighted by Gasteiger charge is -2.05. The minimum Gasteiger partial charge on any atom is -0.398 e. The number of nitrogens with two attached hydrogens (primary N) is 1. The first-order valence-corrected chi connectivity index (χ1v) is 6.09. The summed E-state index contributed by atoms with van der Waals surface area (Å²) in [6.07, 6.45) is 9.01. The molecule has 3 N–H and O–H groups in total. The molecule has 0 aliphatic rings. The Labute approximate surface area is 115 Å². The van der Waals surface area contributed by atoms with Gasteiger partial charge in [0.1, 0.15) is 0 Å². The minimum atomic E-state index is 0.657. The molecule has 0 amide bonds. The molecule has 0 heterocycles. The lowest BCUT2D eigenvalue weighted by molar-refractivity contribution is 1.33. The zero-order valence-electron chi connectivity index (χ0n) is 11.3. The number of anilines is 1. The summed E-state index contributed by atoms with van der Waals surface area (Å²) in [6, 6.07) is 9.98. The second-order valence-electron chi connectivity index (χ2n) is 4.02. The number of hydrogen-bond donors (Lipinski definition) is 2. The van der Waals surface area contributed by atoms with Gasteiger partial charge < -0.3 is 11.1 Å². The summed E-state index contributed by atoms with van der Waals surface area (Å²) >= 11 is 0. The highest BCUT2D eigenvalue weighted by Crippen LogP contribution is 2.10. The number of allylic oxidation sites excluding steroid dienone is 6. The molecule has 19 heavy (non-hydrogen) atoms. The Morgan fingerprint density at radius 3 is 2.37 bits per heavy atom. The van der Waals surface area contributed by atoms with Gasteiger partial charge in [0.25, 0.3) is 0 Å². The summed E-state index contributed by atoms with van der Waals surface area (Å²) in [6.45, 7) is 9.36. The molecule has 2 nitrogen and oxygen atoms in total. The fourth-order valence-electron chi connectivity index (χ4n) is 1.51. The standard InChI is InChI=1S/C17H20N2/c1-4-9-15(5-2)17(18)13-12-14(3)19-16-10-7-6-8-11-16/h4-13,19H,1-2,18H2,3H3/b14-12+,15-9+,17-13-. The van der Waals surface area contributed by atoms with E-state index in [4.69, 9.17) is 5.73 Å². The molecule has 0 radical (unpaired) electrons. The lowest BCUT2D eigenvalue weighted by Crippen LogP contribution is -1.99. The van der Waals surface area contributed by atoms with Gasteiger partial charge in [0, 0.05) is 17.1 Å². The van der Waals surface area contributed by atoms with Gasteiger partial charge in [0.2, 0.25) is 0 Å². The van der Waals surface area contributed by atoms with Crippen molar-refractivity contribution >= 4 is 5.69 Å². The third kappa shape index (κ3) is 5.13. The maximum atomic E-state index is 5.96. The van der Waals surface area contributed by atoms with Gasteiger partial charge in [-0.05, 0) is 36.8 Å². The van der Waals surface area contributed by atoms with Crippen LogP contribution >= 0.6 is 0 Å². The highest BCUT2D eigenvalue weighted by atomic mass is 14.9. The van der Waals surface area contributed by atoms with Crippen LogP contribution in [0.3, 0.4) is 0 Å². The maximum absolute atomic E-state index is 5.96. The van der Waals surface area contributed by atoms with Gasteiger partial charge in [-0.15, -0.1) is 0 Å². The van der Waals surface area contributed by atoms with Crippen LogP contribution < -0.4 is 11.1 Å². The van der Waals surface area contributed by atoms with Crippen LogP contribution in [0.1, 0.15) is 6.92 Å². The molecule has 0 saturated heterocycles. The normalized spacial score (nSPS) is 13.0. The van der Waals surface area contributed by atoms with Gasteiger partial charge in [-0.2, -0.15) is 0 Å². The molecule has 1 rings (SSSR count). The molecule has 0 aliphatic carbocycles. The second-order valence-corrected chi connectivity index (χ2v) is 4.02. The van der Waals surface area contributed by atoms with E-state index < -0.39 is 0 Å². The third-order valence-corrected chi connectivity index (χ3v) is 2.48. The summed E-state index contributed by atoms with van der Waals surface area (Å²) in [5, 5.41) is 3.28. The van der Waals surface area contributed by atoms with Gasteiger partial charge in [-0.1, -0.05) is 49.6 Å². The van der Waals surface area contributed by atoms with Gasteiger partial charge in [0.15, 0.2) is 0 Å². The quantitative estimate of drug-likeness (QED) is 0.747. The summed E-state index contributed by atoms with van der Waals surface area (Å²) in [4.78, 5) is 0. The number of rotatable bonds is 6. The zero-order valence-corrected chi connectivity index (χ0v) is 11.3. The molecule has 0 atom stereocenters. The number of para-hydroxylation sites is 1. The fourth-order valence-corrected chi connectivity index (χ4v) is 1.51. The predicted molar refractivity (Wildman–Crippen MR) is 84.6 cm³/mol. The van der Waals surface area contributed by atoms with Gasteiger partial charge in [0.05, 0.1) is 0 Å². The molecule has 0 aromatic heterocycles. The Kier molecular flexibility index (Phi) is 5.96. The Morgan fingerprint density at radius 1 is 1.11 bits per heavy atom. The molecule has 0 unspecified atom stereocenters. The Morgan fingerprint density at radius 2 is 1.79 bits per heavy atom. The van der Waals surface area contributed by atoms with E-state index >= 15 is 0 Å². The largest absolute Gasteiger partial charge is 0.398 e. The summed E-state index contributed by atoms with van der Waals surface area (Å²) < 4.78 is 0. The molecular formula is C17H20N2. The van der Waals surface area contributed by atoms with Crippen molar-refractivity contribution < 1.29 is 0 Å². The van der Waals surface area contributed by atoms with Crippen molar-refractivity contribution in [3.8, 4) is 0 Å². The van der Waals surface area contributed by atoms with Crippen LogP contribution in [0.25, 0.3) is 0 Å². The van der Waals surface area contributed by atoms with Crippen molar-refractivity contribution in [1.29, 1.82) is 0 Å². The van der Waals surface area contributed by atoms with Crippen LogP contribution in [0, 0.1) is 0 Å². The Hall–Kier alpha value is -2.48. The van der Waals surface area contributed by atoms with Crippen LogP contribution in [-0.4, -0.2) is 0 Å². The highest BCUT2D eigenvalue weighted by Gasteiger charge is 1.94. The lowest BCUT2D eigenvalue weighted by atomic mass is 10.1. The van der Waals surface area contributed by atoms with E-state index in [1.807, 2.05) is 55.5 Å². The van der Waals surface area contributed by atoms with E-state index in [0.717, 1.165) is 17.0 Å². The zero-order chi connectivity index (χ0) is 14.1. The second kappa shape index (κ2) is 7.77. The van der Waals surface area contributed by atoms with Crippen LogP contribution in [0.2, 0.25) is 0 Å². The molecule has 0 bridgehead atoms. The fraction of sp³-hybridized carbons (Fsp3) is 0.0588. The number of benzene rings is 1. The summed E-state index contributed by atoms with van der Waals surface area (Å²) in [5.74, 6) is 0. The molecule has 98 valence electrons. The molecule has 0 spiro atoms. The van der Waals surface area contributed by atoms with Crippen LogP contribution in [0.15, 0.2) is 90.8 Å². The van der Waals surface area contributed by atoms with E-state index in [1.54, 1.807) is 12.2 Å². The first kappa shape index (κ1) is 14.6. The number of hydrogen-bond acceptors (Lipinski definition) is 2. The summed E-state index contributed by atoms with van der Waals surface area (Å²) in [5.41, 5.74) is 9.53. The number of nitrogens with one attached hydrogen (secondary N) is 1. The van der Waals surface area contributed by atoms with Crippen LogP contribution in [-0.2, 0) is 0 Å². The summed E-state index contributed by atoms with van der Waals surface area (Å²) in [7, 11) is 0. The van der Waals surface area contributed by atoms with Gasteiger partial charge in [-0.25, -0.2) is 0 Å². The Bertz CT molecular complexity index is 519. The molecule has 2 heteroatoms. The monoisotopic (exact) mass is 252 g/mol. The van der Waals surface area contributed by atoms with E-state index in [-0.39, 0.29) is 0 Å². The van der Waals surface area contributed by atoms with E-state index in [1.165, 1.54) is 0 Å². The van der Waals surface area contributed by atoms with Crippen molar-refractivity contribution in [2.24, 2.45) is 5.73 Å². The molecule has 1 aromatic carbocycles. The van der Waals surface area contributed by atoms with Crippen molar-refractivity contribution in [1.82, 2.24) is 0 Å². The van der Waals surface area contributed by atoms with Gasteiger partial charge >= 0.3 is 0 Å². The predicted octanol–water partition coefficient (Wildman–Crippen LogP) is 4.14. The van der Waals surface area contributed by atoms with Crippen molar-refractivity contribution in [3.63, 3.8) is 0 Å². The molecule has 0 aliphatic heterocycles. The van der Waals surface area contributed by atoms with E-state index in [9.17, 15) is 0 Å². The van der Waals surface area contributed by atoms with Crippen LogP contribution in [0.4, 0.5) is 5.69 Å². The average molecular weight is 252 g/mol. The topological polar surface area (TPSA) is 38.0 Å². The molecular weight excluding hydrogens is 232 g/mol. The third-order valence-electron chi connectivity index (χ3n) is 2.48. The van der Waals surface area contributed by atoms with Crippen molar-refractivity contribution in [3.05, 3.63) is 90.8 Å². The first-order chi connectivity index (χ1) is 9.17. The highest BCUT2D eigenvalue weighted by molar-refractivity contribution is 5.48. The molecule has 0 fully saturated rings. The van der Waals surface area contributed by atoms with Crippen LogP contribution in [0.5, 0.6) is 0 Å². The molecule has 1 aromatic rings. The Balaban J connectivity index is 2.77. The first-order valence-electron chi connectivity index (χ1n) is 6.09. The van der Waals surface area contributed by atoms with Crippen molar-refractivity contribution in [2.45, 2.75) is 6.92 Å². The van der Waals surface area contributed by atoms with E-state index in [0.29, 0.717) is 5.70 Å². The minimum absolute atomic E-state index is 0.657. The smallest absolute Gasteiger partial charge is 0.0388 e.